The van der Waals surface area contributed by atoms with Gasteiger partial charge in [0.05, 0.1) is 6.10 Å². The number of benzene rings is 2. The number of carbonyl (C=O) groups is 3. The van der Waals surface area contributed by atoms with E-state index in [2.05, 4.69) is 17.1 Å². The van der Waals surface area contributed by atoms with E-state index in [-0.39, 0.29) is 29.0 Å². The van der Waals surface area contributed by atoms with Crippen LogP contribution in [0.1, 0.15) is 74.2 Å². The van der Waals surface area contributed by atoms with Gasteiger partial charge in [0, 0.05) is 32.2 Å². The van der Waals surface area contributed by atoms with E-state index in [9.17, 15) is 24.6 Å². The van der Waals surface area contributed by atoms with Crippen LogP contribution in [-0.4, -0.2) is 80.2 Å². The number of piperidine rings is 1. The second kappa shape index (κ2) is 12.7. The van der Waals surface area contributed by atoms with Crippen molar-refractivity contribution in [3.63, 3.8) is 0 Å². The maximum absolute atomic E-state index is 13.7. The number of aliphatic hydroxyl groups is 1. The molecule has 0 radical (unpaired) electrons. The van der Waals surface area contributed by atoms with Crippen LogP contribution in [0.2, 0.25) is 0 Å². The lowest BCUT2D eigenvalue weighted by atomic mass is 9.80. The molecule has 0 unspecified atom stereocenters. The number of phenols is 1. The molecule has 2 atom stereocenters. The van der Waals surface area contributed by atoms with Gasteiger partial charge in [-0.25, -0.2) is 4.79 Å². The Balaban J connectivity index is 1.21. The van der Waals surface area contributed by atoms with Crippen molar-refractivity contribution in [2.75, 3.05) is 19.6 Å². The molecule has 226 valence electrons. The van der Waals surface area contributed by atoms with Crippen molar-refractivity contribution in [1.82, 2.24) is 15.1 Å². The van der Waals surface area contributed by atoms with Crippen molar-refractivity contribution in [2.45, 2.75) is 82.5 Å². The maximum Gasteiger partial charge on any atom is 0.339 e. The van der Waals surface area contributed by atoms with Gasteiger partial charge in [-0.05, 0) is 67.9 Å². The Hall–Kier alpha value is -3.63. The number of hydrogen-bond acceptors (Lipinski definition) is 7. The second-order valence-corrected chi connectivity index (χ2v) is 11.9. The summed E-state index contributed by atoms with van der Waals surface area (Å²) in [7, 11) is 0. The van der Waals surface area contributed by atoms with Crippen LogP contribution in [0, 0.1) is 5.92 Å². The van der Waals surface area contributed by atoms with Gasteiger partial charge in [-0.1, -0.05) is 38.3 Å². The minimum absolute atomic E-state index is 0.0598. The van der Waals surface area contributed by atoms with Crippen molar-refractivity contribution >= 4 is 17.8 Å². The molecule has 5 rings (SSSR count). The third-order valence-corrected chi connectivity index (χ3v) is 9.17. The highest BCUT2D eigenvalue weighted by atomic mass is 16.5. The van der Waals surface area contributed by atoms with E-state index in [0.29, 0.717) is 50.5 Å². The SMILES string of the molecule is CCCCN1C(=O)[C@@H]([C@H](O)C2CCCC2)NC(=O)C12CCN(Cc1ccc(Oc3ccc(C(=O)O)c(O)c3)cc1)CC2. The molecule has 2 heterocycles. The fourth-order valence-electron chi connectivity index (χ4n) is 6.67. The Morgan fingerprint density at radius 2 is 1.74 bits per heavy atom. The lowest BCUT2D eigenvalue weighted by Crippen LogP contribution is -2.75. The predicted octanol–water partition coefficient (Wildman–Crippen LogP) is 3.90. The molecule has 2 aromatic rings. The zero-order valence-electron chi connectivity index (χ0n) is 24.1. The first-order valence-electron chi connectivity index (χ1n) is 15.1. The van der Waals surface area contributed by atoms with E-state index >= 15 is 0 Å². The fraction of sp³-hybridized carbons (Fsp3) is 0.531. The van der Waals surface area contributed by atoms with E-state index in [1.54, 1.807) is 4.90 Å². The summed E-state index contributed by atoms with van der Waals surface area (Å²) in [5, 5.41) is 33.0. The van der Waals surface area contributed by atoms with E-state index < -0.39 is 23.7 Å². The molecule has 2 aromatic carbocycles. The molecule has 1 aliphatic carbocycles. The summed E-state index contributed by atoms with van der Waals surface area (Å²) >= 11 is 0. The molecular weight excluding hydrogens is 538 g/mol. The van der Waals surface area contributed by atoms with Gasteiger partial charge in [-0.15, -0.1) is 0 Å². The van der Waals surface area contributed by atoms with Gasteiger partial charge in [-0.2, -0.15) is 0 Å². The van der Waals surface area contributed by atoms with Crippen LogP contribution in [0.15, 0.2) is 42.5 Å². The molecule has 2 amide bonds. The smallest absolute Gasteiger partial charge is 0.339 e. The van der Waals surface area contributed by atoms with Crippen LogP contribution in [0.5, 0.6) is 17.2 Å². The molecule has 10 nitrogen and oxygen atoms in total. The summed E-state index contributed by atoms with van der Waals surface area (Å²) in [5.41, 5.74) is -0.00569. The summed E-state index contributed by atoms with van der Waals surface area (Å²) < 4.78 is 5.77. The van der Waals surface area contributed by atoms with Crippen molar-refractivity contribution in [3.8, 4) is 17.2 Å². The number of hydrogen-bond donors (Lipinski definition) is 4. The number of piperazine rings is 1. The number of unbranched alkanes of at least 4 members (excludes halogenated alkanes) is 1. The molecule has 0 aromatic heterocycles. The number of aliphatic hydroxyl groups excluding tert-OH is 1. The molecule has 0 bridgehead atoms. The normalized spacial score (nSPS) is 21.9. The molecule has 3 fully saturated rings. The predicted molar refractivity (Wildman–Crippen MR) is 155 cm³/mol. The molecule has 10 heteroatoms. The number of aromatic hydroxyl groups is 1. The van der Waals surface area contributed by atoms with Crippen molar-refractivity contribution in [1.29, 1.82) is 0 Å². The highest BCUT2D eigenvalue weighted by molar-refractivity contribution is 6.00. The zero-order chi connectivity index (χ0) is 29.9. The first kappa shape index (κ1) is 29.8. The summed E-state index contributed by atoms with van der Waals surface area (Å²) in [6.45, 7) is 4.59. The van der Waals surface area contributed by atoms with Gasteiger partial charge < -0.3 is 30.3 Å². The third-order valence-electron chi connectivity index (χ3n) is 9.17. The first-order chi connectivity index (χ1) is 20.2. The number of likely N-dealkylation sites (tertiary alicyclic amines) is 1. The number of nitrogens with one attached hydrogen (secondary N) is 1. The fourth-order valence-corrected chi connectivity index (χ4v) is 6.67. The minimum Gasteiger partial charge on any atom is -0.507 e. The van der Waals surface area contributed by atoms with Crippen molar-refractivity contribution in [3.05, 3.63) is 53.6 Å². The second-order valence-electron chi connectivity index (χ2n) is 11.9. The number of carbonyl (C=O) groups excluding carboxylic acids is 2. The number of carboxylic acid groups (broad SMARTS) is 1. The van der Waals surface area contributed by atoms with Crippen LogP contribution in [0.3, 0.4) is 0 Å². The Bertz CT molecular complexity index is 1280. The average Bonchev–Trinajstić information content (AvgIpc) is 3.52. The standard InChI is InChI=1S/C32H41N3O7/c1-2-3-16-35-29(38)27(28(37)22-6-4-5-7-22)33-31(41)32(35)14-17-34(18-15-32)20-21-8-10-23(11-9-21)42-24-12-13-25(30(39)40)26(36)19-24/h8-13,19,22,27-28,36-37H,2-7,14-18,20H2,1H3,(H,33,41)(H,39,40)/t27-,28-/m1/s1. The van der Waals surface area contributed by atoms with Crippen LogP contribution in [-0.2, 0) is 16.1 Å². The topological polar surface area (TPSA) is 140 Å². The van der Waals surface area contributed by atoms with Crippen LogP contribution < -0.4 is 10.1 Å². The van der Waals surface area contributed by atoms with Gasteiger partial charge in [0.1, 0.15) is 34.4 Å². The highest BCUT2D eigenvalue weighted by Crippen LogP contribution is 2.37. The van der Waals surface area contributed by atoms with Crippen LogP contribution in [0.25, 0.3) is 0 Å². The van der Waals surface area contributed by atoms with Crippen LogP contribution >= 0.6 is 0 Å². The molecule has 2 saturated heterocycles. The van der Waals surface area contributed by atoms with Gasteiger partial charge in [0.25, 0.3) is 0 Å². The number of amides is 2. The molecule has 1 saturated carbocycles. The lowest BCUT2D eigenvalue weighted by molar-refractivity contribution is -0.165. The summed E-state index contributed by atoms with van der Waals surface area (Å²) in [5.74, 6) is -0.902. The van der Waals surface area contributed by atoms with Gasteiger partial charge in [-0.3, -0.25) is 14.5 Å². The molecule has 1 spiro atoms. The van der Waals surface area contributed by atoms with E-state index in [1.807, 2.05) is 24.3 Å². The number of ether oxygens (including phenoxy) is 1. The Labute approximate surface area is 246 Å². The van der Waals surface area contributed by atoms with E-state index in [4.69, 9.17) is 9.84 Å². The van der Waals surface area contributed by atoms with Gasteiger partial charge in [0.2, 0.25) is 11.8 Å². The van der Waals surface area contributed by atoms with Crippen molar-refractivity contribution < 1.29 is 34.4 Å². The Morgan fingerprint density at radius 1 is 1.07 bits per heavy atom. The van der Waals surface area contributed by atoms with Crippen LogP contribution in [0.4, 0.5) is 0 Å². The van der Waals surface area contributed by atoms with Crippen molar-refractivity contribution in [2.24, 2.45) is 5.92 Å². The quantitative estimate of drug-likeness (QED) is 0.332. The molecule has 2 aliphatic heterocycles. The van der Waals surface area contributed by atoms with Gasteiger partial charge >= 0.3 is 5.97 Å². The zero-order valence-corrected chi connectivity index (χ0v) is 24.1. The number of rotatable bonds is 10. The lowest BCUT2D eigenvalue weighted by Gasteiger charge is -2.52. The minimum atomic E-state index is -1.21. The third kappa shape index (κ3) is 6.10. The number of carboxylic acids is 1. The van der Waals surface area contributed by atoms with E-state index in [1.165, 1.54) is 18.2 Å². The Kier molecular flexibility index (Phi) is 9.03. The monoisotopic (exact) mass is 579 g/mol. The highest BCUT2D eigenvalue weighted by Gasteiger charge is 2.55. The van der Waals surface area contributed by atoms with Gasteiger partial charge in [0.15, 0.2) is 0 Å². The molecule has 4 N–H and O–H groups in total. The summed E-state index contributed by atoms with van der Waals surface area (Å²) in [4.78, 5) is 42.6. The molecular formula is C32H41N3O7. The molecule has 42 heavy (non-hydrogen) atoms. The molecule has 3 aliphatic rings. The number of nitrogens with zero attached hydrogens (tertiary/aromatic N) is 2. The summed E-state index contributed by atoms with van der Waals surface area (Å²) in [6.07, 6.45) is 5.87. The number of aromatic carboxylic acids is 1. The largest absolute Gasteiger partial charge is 0.507 e. The summed E-state index contributed by atoms with van der Waals surface area (Å²) in [6, 6.07) is 10.7. The van der Waals surface area contributed by atoms with E-state index in [0.717, 1.165) is 44.1 Å². The average molecular weight is 580 g/mol. The maximum atomic E-state index is 13.7. The Morgan fingerprint density at radius 3 is 2.36 bits per heavy atom. The first-order valence-corrected chi connectivity index (χ1v) is 15.1.